The maximum absolute atomic E-state index is 9.92. The van der Waals surface area contributed by atoms with Gasteiger partial charge >= 0.3 is 0 Å². The van der Waals surface area contributed by atoms with Gasteiger partial charge in [-0.25, -0.2) is 4.98 Å². The van der Waals surface area contributed by atoms with E-state index in [1.54, 1.807) is 6.20 Å². The molecule has 94 valence electrons. The molecule has 0 aromatic carbocycles. The predicted octanol–water partition coefficient (Wildman–Crippen LogP) is 2.69. The van der Waals surface area contributed by atoms with Gasteiger partial charge in [0.2, 0.25) is 0 Å². The van der Waals surface area contributed by atoms with Crippen LogP contribution in [0.4, 0.5) is 0 Å². The van der Waals surface area contributed by atoms with E-state index < -0.39 is 0 Å². The minimum Gasteiger partial charge on any atom is -0.392 e. The first-order valence-corrected chi connectivity index (χ1v) is 6.61. The zero-order chi connectivity index (χ0) is 12.3. The van der Waals surface area contributed by atoms with Crippen molar-refractivity contribution in [3.8, 4) is 0 Å². The van der Waals surface area contributed by atoms with Crippen molar-refractivity contribution in [3.63, 3.8) is 0 Å². The standard InChI is InChI=1S/C13H19ClN2O/c1-9(10-5-4-8-15-13(10)14)16-11-6-2-3-7-12(11)17/h4-5,8-9,11-12,16-17H,2-3,6-7H2,1H3. The smallest absolute Gasteiger partial charge is 0.133 e. The molecular formula is C13H19ClN2O. The highest BCUT2D eigenvalue weighted by Crippen LogP contribution is 2.24. The summed E-state index contributed by atoms with van der Waals surface area (Å²) < 4.78 is 0. The van der Waals surface area contributed by atoms with Gasteiger partial charge in [0.05, 0.1) is 6.10 Å². The average Bonchev–Trinajstić information content (AvgIpc) is 2.32. The fourth-order valence-electron chi connectivity index (χ4n) is 2.44. The van der Waals surface area contributed by atoms with E-state index in [1.807, 2.05) is 12.1 Å². The van der Waals surface area contributed by atoms with Gasteiger partial charge in [0.15, 0.2) is 0 Å². The fraction of sp³-hybridized carbons (Fsp3) is 0.615. The molecule has 0 saturated heterocycles. The molecule has 17 heavy (non-hydrogen) atoms. The molecular weight excluding hydrogens is 236 g/mol. The lowest BCUT2D eigenvalue weighted by Gasteiger charge is -2.31. The maximum Gasteiger partial charge on any atom is 0.133 e. The van der Waals surface area contributed by atoms with Crippen LogP contribution in [-0.2, 0) is 0 Å². The Hall–Kier alpha value is -0.640. The normalized spacial score (nSPS) is 26.8. The Kier molecular flexibility index (Phi) is 4.37. The van der Waals surface area contributed by atoms with Gasteiger partial charge in [0, 0.05) is 23.8 Å². The summed E-state index contributed by atoms with van der Waals surface area (Å²) in [6.45, 7) is 2.06. The minimum absolute atomic E-state index is 0.119. The van der Waals surface area contributed by atoms with E-state index in [9.17, 15) is 5.11 Å². The molecule has 1 heterocycles. The van der Waals surface area contributed by atoms with Crippen molar-refractivity contribution >= 4 is 11.6 Å². The molecule has 1 aromatic rings. The summed E-state index contributed by atoms with van der Waals surface area (Å²) in [6, 6.07) is 4.16. The molecule has 0 radical (unpaired) electrons. The van der Waals surface area contributed by atoms with E-state index in [1.165, 1.54) is 6.42 Å². The number of pyridine rings is 1. The Morgan fingerprint density at radius 1 is 1.47 bits per heavy atom. The zero-order valence-electron chi connectivity index (χ0n) is 10.1. The summed E-state index contributed by atoms with van der Waals surface area (Å²) in [5.41, 5.74) is 0.993. The third kappa shape index (κ3) is 3.18. The Balaban J connectivity index is 2.01. The predicted molar refractivity (Wildman–Crippen MR) is 69.1 cm³/mol. The van der Waals surface area contributed by atoms with Crippen LogP contribution in [0.3, 0.4) is 0 Å². The van der Waals surface area contributed by atoms with E-state index >= 15 is 0 Å². The van der Waals surface area contributed by atoms with Gasteiger partial charge < -0.3 is 10.4 Å². The molecule has 0 spiro atoms. The molecule has 0 bridgehead atoms. The number of aliphatic hydroxyl groups excluding tert-OH is 1. The van der Waals surface area contributed by atoms with E-state index in [2.05, 4.69) is 17.2 Å². The molecule has 0 amide bonds. The fourth-order valence-corrected chi connectivity index (χ4v) is 2.72. The van der Waals surface area contributed by atoms with E-state index in [4.69, 9.17) is 11.6 Å². The molecule has 1 aromatic heterocycles. The highest BCUT2D eigenvalue weighted by Gasteiger charge is 2.24. The van der Waals surface area contributed by atoms with Crippen molar-refractivity contribution in [2.24, 2.45) is 0 Å². The summed E-state index contributed by atoms with van der Waals surface area (Å²) in [5, 5.41) is 13.9. The van der Waals surface area contributed by atoms with Gasteiger partial charge in [0.1, 0.15) is 5.15 Å². The summed E-state index contributed by atoms with van der Waals surface area (Å²) in [7, 11) is 0. The monoisotopic (exact) mass is 254 g/mol. The lowest BCUT2D eigenvalue weighted by molar-refractivity contribution is 0.0859. The van der Waals surface area contributed by atoms with Crippen LogP contribution in [0.25, 0.3) is 0 Å². The molecule has 1 fully saturated rings. The quantitative estimate of drug-likeness (QED) is 0.816. The van der Waals surface area contributed by atoms with Crippen LogP contribution in [0.2, 0.25) is 5.15 Å². The van der Waals surface area contributed by atoms with E-state index in [0.717, 1.165) is 24.8 Å². The summed E-state index contributed by atoms with van der Waals surface area (Å²) in [6.07, 6.45) is 5.69. The molecule has 3 nitrogen and oxygen atoms in total. The number of halogens is 1. The Morgan fingerprint density at radius 2 is 2.24 bits per heavy atom. The van der Waals surface area contributed by atoms with Crippen molar-refractivity contribution in [2.75, 3.05) is 0 Å². The second kappa shape index (κ2) is 5.80. The van der Waals surface area contributed by atoms with Gasteiger partial charge in [-0.2, -0.15) is 0 Å². The van der Waals surface area contributed by atoms with Crippen LogP contribution in [0.15, 0.2) is 18.3 Å². The van der Waals surface area contributed by atoms with Crippen molar-refractivity contribution in [1.29, 1.82) is 0 Å². The second-order valence-electron chi connectivity index (χ2n) is 4.73. The Bertz CT molecular complexity index is 372. The molecule has 3 unspecified atom stereocenters. The van der Waals surface area contributed by atoms with Crippen LogP contribution < -0.4 is 5.32 Å². The SMILES string of the molecule is CC(NC1CCCCC1O)c1cccnc1Cl. The number of nitrogens with one attached hydrogen (secondary N) is 1. The number of aromatic nitrogens is 1. The van der Waals surface area contributed by atoms with Gasteiger partial charge in [-0.1, -0.05) is 30.5 Å². The number of aliphatic hydroxyl groups is 1. The first kappa shape index (κ1) is 12.8. The third-order valence-electron chi connectivity index (χ3n) is 3.45. The van der Waals surface area contributed by atoms with Crippen molar-refractivity contribution < 1.29 is 5.11 Å². The van der Waals surface area contributed by atoms with Gasteiger partial charge in [-0.3, -0.25) is 0 Å². The van der Waals surface area contributed by atoms with Crippen LogP contribution in [0.1, 0.15) is 44.2 Å². The highest BCUT2D eigenvalue weighted by molar-refractivity contribution is 6.30. The summed E-state index contributed by atoms with van der Waals surface area (Å²) in [5.74, 6) is 0. The number of nitrogens with zero attached hydrogens (tertiary/aromatic N) is 1. The van der Waals surface area contributed by atoms with Crippen LogP contribution in [0, 0.1) is 0 Å². The number of hydrogen-bond donors (Lipinski definition) is 2. The maximum atomic E-state index is 9.92. The molecule has 2 rings (SSSR count). The van der Waals surface area contributed by atoms with Gasteiger partial charge in [-0.15, -0.1) is 0 Å². The van der Waals surface area contributed by atoms with Gasteiger partial charge in [-0.05, 0) is 25.8 Å². The minimum atomic E-state index is -0.235. The molecule has 3 atom stereocenters. The largest absolute Gasteiger partial charge is 0.392 e. The Morgan fingerprint density at radius 3 is 2.94 bits per heavy atom. The molecule has 0 aliphatic heterocycles. The molecule has 2 N–H and O–H groups in total. The second-order valence-corrected chi connectivity index (χ2v) is 5.09. The Labute approximate surface area is 107 Å². The first-order chi connectivity index (χ1) is 8.18. The van der Waals surface area contributed by atoms with Crippen molar-refractivity contribution in [2.45, 2.75) is 50.8 Å². The zero-order valence-corrected chi connectivity index (χ0v) is 10.8. The highest BCUT2D eigenvalue weighted by atomic mass is 35.5. The molecule has 1 aliphatic rings. The third-order valence-corrected chi connectivity index (χ3v) is 3.76. The van der Waals surface area contributed by atoms with Crippen LogP contribution in [-0.4, -0.2) is 22.2 Å². The van der Waals surface area contributed by atoms with Crippen LogP contribution in [0.5, 0.6) is 0 Å². The lowest BCUT2D eigenvalue weighted by Crippen LogP contribution is -2.43. The first-order valence-electron chi connectivity index (χ1n) is 6.23. The topological polar surface area (TPSA) is 45.1 Å². The van der Waals surface area contributed by atoms with Crippen molar-refractivity contribution in [3.05, 3.63) is 29.0 Å². The molecule has 4 heteroatoms. The summed E-state index contributed by atoms with van der Waals surface area (Å²) >= 11 is 6.06. The van der Waals surface area contributed by atoms with E-state index in [0.29, 0.717) is 5.15 Å². The van der Waals surface area contributed by atoms with Crippen molar-refractivity contribution in [1.82, 2.24) is 10.3 Å². The number of hydrogen-bond acceptors (Lipinski definition) is 3. The van der Waals surface area contributed by atoms with Gasteiger partial charge in [0.25, 0.3) is 0 Å². The lowest BCUT2D eigenvalue weighted by atomic mass is 9.91. The summed E-state index contributed by atoms with van der Waals surface area (Å²) in [4.78, 5) is 4.08. The molecule has 1 aliphatic carbocycles. The average molecular weight is 255 g/mol. The number of rotatable bonds is 3. The molecule has 1 saturated carbocycles. The van der Waals surface area contributed by atoms with Crippen LogP contribution >= 0.6 is 11.6 Å². The van der Waals surface area contributed by atoms with E-state index in [-0.39, 0.29) is 18.2 Å².